The van der Waals surface area contributed by atoms with Crippen LogP contribution >= 0.6 is 0 Å². The molecule has 108 valence electrons. The molecule has 0 aliphatic heterocycles. The summed E-state index contributed by atoms with van der Waals surface area (Å²) in [4.78, 5) is 33.0. The number of hydrogen-bond donors (Lipinski definition) is 1. The van der Waals surface area contributed by atoms with Crippen molar-refractivity contribution in [3.8, 4) is 11.3 Å². The second-order valence-electron chi connectivity index (χ2n) is 4.49. The van der Waals surface area contributed by atoms with Crippen LogP contribution in [0, 0.1) is 10.1 Å². The molecule has 21 heavy (non-hydrogen) atoms. The van der Waals surface area contributed by atoms with Crippen LogP contribution in [0.4, 0.5) is 5.69 Å². The molecule has 0 unspecified atom stereocenters. The van der Waals surface area contributed by atoms with Crippen LogP contribution in [0.15, 0.2) is 41.2 Å². The van der Waals surface area contributed by atoms with Gasteiger partial charge in [-0.25, -0.2) is 0 Å². The lowest BCUT2D eigenvalue weighted by atomic mass is 10.1. The van der Waals surface area contributed by atoms with E-state index < -0.39 is 16.5 Å². The smallest absolute Gasteiger partial charge is 0.308 e. The molecule has 2 rings (SSSR count). The molecule has 7 nitrogen and oxygen atoms in total. The Morgan fingerprint density at radius 1 is 1.33 bits per heavy atom. The van der Waals surface area contributed by atoms with Gasteiger partial charge in [0.15, 0.2) is 0 Å². The number of nitro benzene ring substituents is 1. The fourth-order valence-corrected chi connectivity index (χ4v) is 2.05. The molecule has 0 aliphatic rings. The summed E-state index contributed by atoms with van der Waals surface area (Å²) in [7, 11) is 1.50. The van der Waals surface area contributed by atoms with Gasteiger partial charge in [-0.2, -0.15) is 0 Å². The van der Waals surface area contributed by atoms with Crippen molar-refractivity contribution in [1.82, 2.24) is 4.57 Å². The molecule has 7 heteroatoms. The number of aliphatic carboxylic acids is 1. The van der Waals surface area contributed by atoms with Gasteiger partial charge < -0.3 is 9.67 Å². The zero-order chi connectivity index (χ0) is 15.6. The molecule has 0 atom stereocenters. The van der Waals surface area contributed by atoms with E-state index in [1.54, 1.807) is 12.1 Å². The molecule has 1 heterocycles. The third-order valence-corrected chi connectivity index (χ3v) is 3.08. The summed E-state index contributed by atoms with van der Waals surface area (Å²) in [6.07, 6.45) is -0.359. The minimum Gasteiger partial charge on any atom is -0.481 e. The summed E-state index contributed by atoms with van der Waals surface area (Å²) in [5.41, 5.74) is 0.665. The van der Waals surface area contributed by atoms with Crippen LogP contribution in [0.25, 0.3) is 11.3 Å². The topological polar surface area (TPSA) is 102 Å². The van der Waals surface area contributed by atoms with Crippen molar-refractivity contribution in [2.45, 2.75) is 6.42 Å². The van der Waals surface area contributed by atoms with Gasteiger partial charge >= 0.3 is 5.97 Å². The number of carbonyl (C=O) groups is 1. The quantitative estimate of drug-likeness (QED) is 0.679. The van der Waals surface area contributed by atoms with Crippen LogP contribution in [-0.2, 0) is 18.3 Å². The Morgan fingerprint density at radius 2 is 2.05 bits per heavy atom. The number of benzene rings is 1. The monoisotopic (exact) mass is 288 g/mol. The standard InChI is InChI=1S/C14H12N2O5/c1-15-12(6-5-10(14(15)19)8-13(17)18)9-3-2-4-11(7-9)16(20)21/h2-7H,8H2,1H3,(H,17,18). The van der Waals surface area contributed by atoms with Crippen LogP contribution < -0.4 is 5.56 Å². The first-order valence-electron chi connectivity index (χ1n) is 6.05. The largest absolute Gasteiger partial charge is 0.481 e. The number of aromatic nitrogens is 1. The van der Waals surface area contributed by atoms with Crippen molar-refractivity contribution in [2.24, 2.45) is 7.05 Å². The number of nitrogens with zero attached hydrogens (tertiary/aromatic N) is 2. The number of pyridine rings is 1. The Hall–Kier alpha value is -2.96. The van der Waals surface area contributed by atoms with Crippen molar-refractivity contribution in [3.05, 3.63) is 62.4 Å². The lowest BCUT2D eigenvalue weighted by Crippen LogP contribution is -2.24. The van der Waals surface area contributed by atoms with Gasteiger partial charge in [-0.3, -0.25) is 19.7 Å². The number of hydrogen-bond acceptors (Lipinski definition) is 4. The van der Waals surface area contributed by atoms with Crippen LogP contribution in [0.1, 0.15) is 5.56 Å². The van der Waals surface area contributed by atoms with E-state index in [2.05, 4.69) is 0 Å². The molecule has 1 N–H and O–H groups in total. The number of carboxylic acids is 1. The summed E-state index contributed by atoms with van der Waals surface area (Å²) in [5.74, 6) is -1.09. The van der Waals surface area contributed by atoms with Crippen LogP contribution in [0.2, 0.25) is 0 Å². The van der Waals surface area contributed by atoms with E-state index in [-0.39, 0.29) is 17.7 Å². The van der Waals surface area contributed by atoms with Crippen molar-refractivity contribution >= 4 is 11.7 Å². The minimum atomic E-state index is -1.09. The maximum Gasteiger partial charge on any atom is 0.308 e. The van der Waals surface area contributed by atoms with E-state index >= 15 is 0 Å². The van der Waals surface area contributed by atoms with Gasteiger partial charge in [0.05, 0.1) is 17.0 Å². The molecule has 1 aromatic carbocycles. The van der Waals surface area contributed by atoms with Crippen molar-refractivity contribution in [1.29, 1.82) is 0 Å². The number of carboxylic acid groups (broad SMARTS) is 1. The Labute approximate surface area is 119 Å². The number of nitro groups is 1. The van der Waals surface area contributed by atoms with Crippen LogP contribution in [-0.4, -0.2) is 20.6 Å². The molecular weight excluding hydrogens is 276 g/mol. The summed E-state index contributed by atoms with van der Waals surface area (Å²) < 4.78 is 1.29. The van der Waals surface area contributed by atoms with Crippen molar-refractivity contribution in [2.75, 3.05) is 0 Å². The Bertz CT molecular complexity index is 779. The lowest BCUT2D eigenvalue weighted by Gasteiger charge is -2.09. The Kier molecular flexibility index (Phi) is 3.84. The van der Waals surface area contributed by atoms with Gasteiger partial charge in [-0.1, -0.05) is 18.2 Å². The average Bonchev–Trinajstić information content (AvgIpc) is 2.44. The van der Waals surface area contributed by atoms with E-state index in [1.807, 2.05) is 0 Å². The fourth-order valence-electron chi connectivity index (χ4n) is 2.05. The van der Waals surface area contributed by atoms with Crippen molar-refractivity contribution in [3.63, 3.8) is 0 Å². The van der Waals surface area contributed by atoms with E-state index in [9.17, 15) is 19.7 Å². The molecule has 1 aromatic heterocycles. The molecule has 0 spiro atoms. The molecule has 0 amide bonds. The van der Waals surface area contributed by atoms with Gasteiger partial charge in [0.25, 0.3) is 11.2 Å². The fraction of sp³-hybridized carbons (Fsp3) is 0.143. The second kappa shape index (κ2) is 5.58. The first kappa shape index (κ1) is 14.4. The predicted octanol–water partition coefficient (Wildman–Crippen LogP) is 1.59. The lowest BCUT2D eigenvalue weighted by molar-refractivity contribution is -0.384. The van der Waals surface area contributed by atoms with E-state index in [1.165, 1.54) is 35.9 Å². The first-order chi connectivity index (χ1) is 9.90. The molecule has 0 fully saturated rings. The summed E-state index contributed by atoms with van der Waals surface area (Å²) in [6, 6.07) is 8.93. The minimum absolute atomic E-state index is 0.0745. The Balaban J connectivity index is 2.53. The van der Waals surface area contributed by atoms with Gasteiger partial charge in [-0.15, -0.1) is 0 Å². The molecule has 0 aliphatic carbocycles. The molecule has 2 aromatic rings. The van der Waals surface area contributed by atoms with E-state index in [0.29, 0.717) is 11.3 Å². The third kappa shape index (κ3) is 2.97. The maximum absolute atomic E-state index is 12.1. The highest BCUT2D eigenvalue weighted by Gasteiger charge is 2.12. The Morgan fingerprint density at radius 3 is 2.67 bits per heavy atom. The van der Waals surface area contributed by atoms with E-state index in [0.717, 1.165) is 0 Å². The van der Waals surface area contributed by atoms with Crippen molar-refractivity contribution < 1.29 is 14.8 Å². The van der Waals surface area contributed by atoms with E-state index in [4.69, 9.17) is 5.11 Å². The SMILES string of the molecule is Cn1c(-c2cccc([N+](=O)[O-])c2)ccc(CC(=O)O)c1=O. The predicted molar refractivity (Wildman–Crippen MR) is 75.1 cm³/mol. The number of non-ortho nitro benzene ring substituents is 1. The molecule has 0 saturated carbocycles. The van der Waals surface area contributed by atoms with Gasteiger partial charge in [0.1, 0.15) is 0 Å². The molecule has 0 bridgehead atoms. The highest BCUT2D eigenvalue weighted by molar-refractivity contribution is 5.70. The van der Waals surface area contributed by atoms with Crippen LogP contribution in [0.5, 0.6) is 0 Å². The second-order valence-corrected chi connectivity index (χ2v) is 4.49. The molecule has 0 radical (unpaired) electrons. The van der Waals surface area contributed by atoms with Gasteiger partial charge in [0, 0.05) is 30.3 Å². The number of rotatable bonds is 4. The van der Waals surface area contributed by atoms with Gasteiger partial charge in [-0.05, 0) is 6.07 Å². The highest BCUT2D eigenvalue weighted by atomic mass is 16.6. The average molecular weight is 288 g/mol. The maximum atomic E-state index is 12.1. The summed E-state index contributed by atoms with van der Waals surface area (Å²) in [5, 5.41) is 19.5. The normalized spacial score (nSPS) is 10.3. The first-order valence-corrected chi connectivity index (χ1v) is 6.05. The van der Waals surface area contributed by atoms with Gasteiger partial charge in [0.2, 0.25) is 0 Å². The molecule has 0 saturated heterocycles. The highest BCUT2D eigenvalue weighted by Crippen LogP contribution is 2.22. The summed E-state index contributed by atoms with van der Waals surface area (Å²) >= 11 is 0. The van der Waals surface area contributed by atoms with Crippen LogP contribution in [0.3, 0.4) is 0 Å². The molecular formula is C14H12N2O5. The summed E-state index contributed by atoms with van der Waals surface area (Å²) in [6.45, 7) is 0. The zero-order valence-corrected chi connectivity index (χ0v) is 11.1. The third-order valence-electron chi connectivity index (χ3n) is 3.08. The zero-order valence-electron chi connectivity index (χ0n) is 11.1.